The average molecular weight is 355 g/mol. The van der Waals surface area contributed by atoms with E-state index >= 15 is 0 Å². The quantitative estimate of drug-likeness (QED) is 0.814. The first-order valence-corrected chi connectivity index (χ1v) is 8.31. The zero-order valence-electron chi connectivity index (χ0n) is 11.9. The van der Waals surface area contributed by atoms with Crippen LogP contribution < -0.4 is 10.1 Å². The largest absolute Gasteiger partial charge is 0.496 e. The standard InChI is InChI=1S/C15H19BrN2OS/c1-4-13(15-17-7-8-20-15)18-10(2)11-5-6-14(19-3)12(16)9-11/h5-10,13,18H,4H2,1-3H3. The van der Waals surface area contributed by atoms with Gasteiger partial charge < -0.3 is 10.1 Å². The number of nitrogens with one attached hydrogen (secondary N) is 1. The molecule has 0 saturated carbocycles. The highest BCUT2D eigenvalue weighted by Gasteiger charge is 2.16. The molecule has 3 nitrogen and oxygen atoms in total. The van der Waals surface area contributed by atoms with Gasteiger partial charge in [0.1, 0.15) is 10.8 Å². The molecule has 0 aliphatic rings. The molecule has 0 spiro atoms. The van der Waals surface area contributed by atoms with Gasteiger partial charge in [-0.25, -0.2) is 4.98 Å². The zero-order chi connectivity index (χ0) is 14.5. The molecule has 2 rings (SSSR count). The number of thiazole rings is 1. The molecule has 2 aromatic rings. The first kappa shape index (κ1) is 15.5. The van der Waals surface area contributed by atoms with Gasteiger partial charge in [-0.1, -0.05) is 13.0 Å². The molecule has 2 unspecified atom stereocenters. The molecule has 108 valence electrons. The fourth-order valence-electron chi connectivity index (χ4n) is 2.12. The van der Waals surface area contributed by atoms with Crippen LogP contribution >= 0.6 is 27.3 Å². The minimum Gasteiger partial charge on any atom is -0.496 e. The number of ether oxygens (including phenoxy) is 1. The van der Waals surface area contributed by atoms with Gasteiger partial charge >= 0.3 is 0 Å². The Labute approximate surface area is 132 Å². The lowest BCUT2D eigenvalue weighted by Gasteiger charge is -2.21. The number of methoxy groups -OCH3 is 1. The molecule has 20 heavy (non-hydrogen) atoms. The van der Waals surface area contributed by atoms with Gasteiger partial charge in [-0.05, 0) is 47.0 Å². The summed E-state index contributed by atoms with van der Waals surface area (Å²) in [7, 11) is 1.68. The van der Waals surface area contributed by atoms with E-state index in [9.17, 15) is 0 Å². The van der Waals surface area contributed by atoms with Crippen molar-refractivity contribution in [3.8, 4) is 5.75 Å². The van der Waals surface area contributed by atoms with Crippen molar-refractivity contribution in [2.45, 2.75) is 32.4 Å². The number of benzene rings is 1. The van der Waals surface area contributed by atoms with Crippen LogP contribution in [0.3, 0.4) is 0 Å². The van der Waals surface area contributed by atoms with Crippen LogP contribution in [-0.2, 0) is 0 Å². The van der Waals surface area contributed by atoms with Gasteiger partial charge in [0.25, 0.3) is 0 Å². The predicted octanol–water partition coefficient (Wildman–Crippen LogP) is 4.72. The van der Waals surface area contributed by atoms with Crippen molar-refractivity contribution in [3.05, 3.63) is 44.8 Å². The second-order valence-corrected chi connectivity index (χ2v) is 6.39. The van der Waals surface area contributed by atoms with Crippen molar-refractivity contribution in [2.75, 3.05) is 7.11 Å². The lowest BCUT2D eigenvalue weighted by atomic mass is 10.1. The van der Waals surface area contributed by atoms with Crippen LogP contribution in [0.4, 0.5) is 0 Å². The molecule has 2 atom stereocenters. The second kappa shape index (κ2) is 7.20. The smallest absolute Gasteiger partial charge is 0.133 e. The van der Waals surface area contributed by atoms with E-state index in [4.69, 9.17) is 4.74 Å². The van der Waals surface area contributed by atoms with Gasteiger partial charge in [0, 0.05) is 17.6 Å². The Morgan fingerprint density at radius 2 is 2.25 bits per heavy atom. The average Bonchev–Trinajstić information content (AvgIpc) is 2.98. The molecular weight excluding hydrogens is 336 g/mol. The number of hydrogen-bond acceptors (Lipinski definition) is 4. The van der Waals surface area contributed by atoms with Gasteiger partial charge in [0.05, 0.1) is 17.6 Å². The number of hydrogen-bond donors (Lipinski definition) is 1. The zero-order valence-corrected chi connectivity index (χ0v) is 14.3. The van der Waals surface area contributed by atoms with Crippen LogP contribution in [0.25, 0.3) is 0 Å². The van der Waals surface area contributed by atoms with Crippen LogP contribution in [0.1, 0.15) is 42.9 Å². The number of aromatic nitrogens is 1. The molecule has 0 bridgehead atoms. The van der Waals surface area contributed by atoms with Gasteiger partial charge in [-0.15, -0.1) is 11.3 Å². The summed E-state index contributed by atoms with van der Waals surface area (Å²) in [6, 6.07) is 6.74. The number of halogens is 1. The van der Waals surface area contributed by atoms with Crippen LogP contribution in [0, 0.1) is 0 Å². The molecule has 1 heterocycles. The molecule has 0 aliphatic heterocycles. The SMILES string of the molecule is CCC(NC(C)c1ccc(OC)c(Br)c1)c1nccs1. The van der Waals surface area contributed by atoms with Crippen LogP contribution in [0.5, 0.6) is 5.75 Å². The molecule has 0 fully saturated rings. The number of nitrogens with zero attached hydrogens (tertiary/aromatic N) is 1. The Morgan fingerprint density at radius 3 is 2.80 bits per heavy atom. The van der Waals surface area contributed by atoms with Crippen molar-refractivity contribution in [1.29, 1.82) is 0 Å². The maximum atomic E-state index is 5.27. The molecule has 0 saturated heterocycles. The molecule has 0 aliphatic carbocycles. The summed E-state index contributed by atoms with van der Waals surface area (Å²) in [5.41, 5.74) is 1.23. The Balaban J connectivity index is 2.11. The van der Waals surface area contributed by atoms with Gasteiger partial charge in [-0.2, -0.15) is 0 Å². The van der Waals surface area contributed by atoms with Crippen LogP contribution in [0.15, 0.2) is 34.2 Å². The molecule has 0 radical (unpaired) electrons. The van der Waals surface area contributed by atoms with Gasteiger partial charge in [0.15, 0.2) is 0 Å². The highest BCUT2D eigenvalue weighted by Crippen LogP contribution is 2.29. The van der Waals surface area contributed by atoms with E-state index in [1.165, 1.54) is 5.56 Å². The van der Waals surface area contributed by atoms with E-state index in [1.807, 2.05) is 17.6 Å². The third-order valence-corrected chi connectivity index (χ3v) is 4.79. The third kappa shape index (κ3) is 3.59. The molecule has 1 aromatic carbocycles. The summed E-state index contributed by atoms with van der Waals surface area (Å²) in [4.78, 5) is 4.41. The predicted molar refractivity (Wildman–Crippen MR) is 87.4 cm³/mol. The maximum absolute atomic E-state index is 5.27. The summed E-state index contributed by atoms with van der Waals surface area (Å²) in [6.07, 6.45) is 2.88. The minimum atomic E-state index is 0.256. The highest BCUT2D eigenvalue weighted by atomic mass is 79.9. The van der Waals surface area contributed by atoms with E-state index in [0.717, 1.165) is 21.7 Å². The van der Waals surface area contributed by atoms with Crippen molar-refractivity contribution in [3.63, 3.8) is 0 Å². The van der Waals surface area contributed by atoms with E-state index in [2.05, 4.69) is 52.2 Å². The Hall–Kier alpha value is -0.910. The van der Waals surface area contributed by atoms with E-state index < -0.39 is 0 Å². The van der Waals surface area contributed by atoms with E-state index in [0.29, 0.717) is 6.04 Å². The summed E-state index contributed by atoms with van der Waals surface area (Å²) in [6.45, 7) is 4.35. The lowest BCUT2D eigenvalue weighted by Crippen LogP contribution is -2.24. The Morgan fingerprint density at radius 1 is 1.45 bits per heavy atom. The molecule has 0 amide bonds. The maximum Gasteiger partial charge on any atom is 0.133 e. The van der Waals surface area contributed by atoms with Crippen molar-refractivity contribution < 1.29 is 4.74 Å². The fourth-order valence-corrected chi connectivity index (χ4v) is 3.46. The van der Waals surface area contributed by atoms with Crippen molar-refractivity contribution in [2.24, 2.45) is 0 Å². The minimum absolute atomic E-state index is 0.256. The first-order valence-electron chi connectivity index (χ1n) is 6.64. The molecule has 5 heteroatoms. The third-order valence-electron chi connectivity index (χ3n) is 3.28. The summed E-state index contributed by atoms with van der Waals surface area (Å²) < 4.78 is 6.25. The Kier molecular flexibility index (Phi) is 5.57. The molecule has 1 aromatic heterocycles. The van der Waals surface area contributed by atoms with Gasteiger partial charge in [0.2, 0.25) is 0 Å². The second-order valence-electron chi connectivity index (χ2n) is 4.61. The summed E-state index contributed by atoms with van der Waals surface area (Å²) in [5.74, 6) is 0.855. The van der Waals surface area contributed by atoms with Crippen LogP contribution in [-0.4, -0.2) is 12.1 Å². The summed E-state index contributed by atoms with van der Waals surface area (Å²) >= 11 is 5.23. The van der Waals surface area contributed by atoms with Crippen LogP contribution in [0.2, 0.25) is 0 Å². The van der Waals surface area contributed by atoms with Crippen molar-refractivity contribution >= 4 is 27.3 Å². The van der Waals surface area contributed by atoms with Crippen molar-refractivity contribution in [1.82, 2.24) is 10.3 Å². The molecule has 1 N–H and O–H groups in total. The van der Waals surface area contributed by atoms with E-state index in [-0.39, 0.29) is 6.04 Å². The Bertz CT molecular complexity index is 545. The van der Waals surface area contributed by atoms with E-state index in [1.54, 1.807) is 18.4 Å². The fraction of sp³-hybridized carbons (Fsp3) is 0.400. The topological polar surface area (TPSA) is 34.1 Å². The highest BCUT2D eigenvalue weighted by molar-refractivity contribution is 9.10. The number of rotatable bonds is 6. The normalized spacial score (nSPS) is 14.0. The molecular formula is C15H19BrN2OS. The monoisotopic (exact) mass is 354 g/mol. The lowest BCUT2D eigenvalue weighted by molar-refractivity contribution is 0.411. The first-order chi connectivity index (χ1) is 9.65. The summed E-state index contributed by atoms with van der Waals surface area (Å²) in [5, 5.41) is 6.80. The van der Waals surface area contributed by atoms with Gasteiger partial charge in [-0.3, -0.25) is 0 Å².